The van der Waals surface area contributed by atoms with Crippen molar-refractivity contribution in [3.05, 3.63) is 66.5 Å². The van der Waals surface area contributed by atoms with Gasteiger partial charge in [-0.3, -0.25) is 0 Å². The Labute approximate surface area is 161 Å². The quantitative estimate of drug-likeness (QED) is 0.450. The van der Waals surface area contributed by atoms with E-state index in [2.05, 4.69) is 4.74 Å². The third-order valence-electron chi connectivity index (χ3n) is 4.19. The van der Waals surface area contributed by atoms with Crippen LogP contribution in [-0.4, -0.2) is 20.3 Å². The standard InChI is InChI=1S/C22H19F3O3/c1-3-4-11-27-17-8-5-14(6-9-17)15-7-10-18-16(12-15)13-19(28-22(24)25)21(26-2)20(18)23/h3-10,12-13,22H,11H2,1-2H3. The zero-order chi connectivity index (χ0) is 20.1. The maximum absolute atomic E-state index is 14.6. The van der Waals surface area contributed by atoms with Gasteiger partial charge < -0.3 is 14.2 Å². The highest BCUT2D eigenvalue weighted by Crippen LogP contribution is 2.38. The lowest BCUT2D eigenvalue weighted by molar-refractivity contribution is -0.0513. The summed E-state index contributed by atoms with van der Waals surface area (Å²) >= 11 is 0. The topological polar surface area (TPSA) is 27.7 Å². The molecule has 0 saturated carbocycles. The predicted molar refractivity (Wildman–Crippen MR) is 103 cm³/mol. The number of hydrogen-bond donors (Lipinski definition) is 0. The first-order chi connectivity index (χ1) is 13.5. The monoisotopic (exact) mass is 388 g/mol. The smallest absolute Gasteiger partial charge is 0.387 e. The lowest BCUT2D eigenvalue weighted by Crippen LogP contribution is -2.04. The van der Waals surface area contributed by atoms with Gasteiger partial charge >= 0.3 is 6.61 Å². The average Bonchev–Trinajstić information content (AvgIpc) is 2.68. The van der Waals surface area contributed by atoms with Crippen LogP contribution in [0, 0.1) is 5.82 Å². The van der Waals surface area contributed by atoms with Crippen LogP contribution < -0.4 is 14.2 Å². The molecule has 0 aromatic heterocycles. The minimum atomic E-state index is -3.08. The van der Waals surface area contributed by atoms with Gasteiger partial charge in [-0.05, 0) is 47.7 Å². The van der Waals surface area contributed by atoms with Crippen molar-refractivity contribution in [1.29, 1.82) is 0 Å². The van der Waals surface area contributed by atoms with Crippen molar-refractivity contribution in [1.82, 2.24) is 0 Å². The predicted octanol–water partition coefficient (Wildman–Crippen LogP) is 6.21. The fourth-order valence-electron chi connectivity index (χ4n) is 2.86. The Balaban J connectivity index is 1.97. The zero-order valence-corrected chi connectivity index (χ0v) is 15.4. The van der Waals surface area contributed by atoms with E-state index in [1.54, 1.807) is 18.2 Å². The molecule has 146 valence electrons. The van der Waals surface area contributed by atoms with Crippen LogP contribution >= 0.6 is 0 Å². The molecule has 28 heavy (non-hydrogen) atoms. The van der Waals surface area contributed by atoms with Crippen molar-refractivity contribution in [3.63, 3.8) is 0 Å². The maximum Gasteiger partial charge on any atom is 0.387 e. The van der Waals surface area contributed by atoms with Crippen LogP contribution in [0.3, 0.4) is 0 Å². The van der Waals surface area contributed by atoms with Gasteiger partial charge in [0.05, 0.1) is 7.11 Å². The molecule has 0 atom stereocenters. The van der Waals surface area contributed by atoms with Crippen molar-refractivity contribution >= 4 is 10.8 Å². The summed E-state index contributed by atoms with van der Waals surface area (Å²) in [6.45, 7) is -0.675. The van der Waals surface area contributed by atoms with Crippen LogP contribution in [-0.2, 0) is 0 Å². The molecular formula is C22H19F3O3. The number of hydrogen-bond acceptors (Lipinski definition) is 3. The summed E-state index contributed by atoms with van der Waals surface area (Å²) in [4.78, 5) is 0. The summed E-state index contributed by atoms with van der Waals surface area (Å²) in [7, 11) is 1.21. The summed E-state index contributed by atoms with van der Waals surface area (Å²) in [6, 6.07) is 13.8. The number of ether oxygens (including phenoxy) is 3. The van der Waals surface area contributed by atoms with Gasteiger partial charge in [-0.15, -0.1) is 0 Å². The van der Waals surface area contributed by atoms with Crippen LogP contribution in [0.25, 0.3) is 21.9 Å². The molecule has 0 aliphatic rings. The van der Waals surface area contributed by atoms with E-state index < -0.39 is 12.4 Å². The molecule has 0 aliphatic heterocycles. The van der Waals surface area contributed by atoms with E-state index in [-0.39, 0.29) is 16.9 Å². The van der Waals surface area contributed by atoms with Gasteiger partial charge in [0.1, 0.15) is 12.4 Å². The Morgan fingerprint density at radius 1 is 1.00 bits per heavy atom. The number of rotatable bonds is 7. The van der Waals surface area contributed by atoms with Crippen LogP contribution in [0.5, 0.6) is 17.2 Å². The molecule has 0 fully saturated rings. The van der Waals surface area contributed by atoms with Gasteiger partial charge in [0.25, 0.3) is 0 Å². The number of fused-ring (bicyclic) bond motifs is 1. The van der Waals surface area contributed by atoms with Gasteiger partial charge in [-0.25, -0.2) is 4.39 Å². The molecule has 3 rings (SSSR count). The highest BCUT2D eigenvalue weighted by Gasteiger charge is 2.18. The largest absolute Gasteiger partial charge is 0.490 e. The molecule has 0 spiro atoms. The van der Waals surface area contributed by atoms with Crippen LogP contribution in [0.2, 0.25) is 0 Å². The molecule has 0 bridgehead atoms. The van der Waals surface area contributed by atoms with E-state index in [0.717, 1.165) is 16.9 Å². The summed E-state index contributed by atoms with van der Waals surface area (Å²) < 4.78 is 54.8. The summed E-state index contributed by atoms with van der Waals surface area (Å²) in [5, 5.41) is 0.688. The number of alkyl halides is 2. The Bertz CT molecular complexity index is 982. The molecule has 0 radical (unpaired) electrons. The molecule has 0 saturated heterocycles. The first-order valence-electron chi connectivity index (χ1n) is 8.63. The highest BCUT2D eigenvalue weighted by molar-refractivity contribution is 5.90. The normalized spacial score (nSPS) is 11.4. The Hall–Kier alpha value is -3.15. The van der Waals surface area contributed by atoms with E-state index in [9.17, 15) is 13.2 Å². The van der Waals surface area contributed by atoms with E-state index in [4.69, 9.17) is 9.47 Å². The summed E-state index contributed by atoms with van der Waals surface area (Å²) in [5.74, 6) is -0.698. The molecular weight excluding hydrogens is 369 g/mol. The summed E-state index contributed by atoms with van der Waals surface area (Å²) in [5.41, 5.74) is 1.69. The number of halogens is 3. The van der Waals surface area contributed by atoms with Crippen molar-refractivity contribution < 1.29 is 27.4 Å². The lowest BCUT2D eigenvalue weighted by atomic mass is 10.0. The fourth-order valence-corrected chi connectivity index (χ4v) is 2.86. The Kier molecular flexibility index (Phi) is 6.09. The van der Waals surface area contributed by atoms with Crippen LogP contribution in [0.4, 0.5) is 13.2 Å². The number of methoxy groups -OCH3 is 1. The number of allylic oxidation sites excluding steroid dienone is 1. The molecule has 3 aromatic rings. The molecule has 3 nitrogen and oxygen atoms in total. The van der Waals surface area contributed by atoms with E-state index >= 15 is 0 Å². The van der Waals surface area contributed by atoms with E-state index in [0.29, 0.717) is 12.0 Å². The second-order valence-electron chi connectivity index (χ2n) is 5.94. The minimum Gasteiger partial charge on any atom is -0.490 e. The summed E-state index contributed by atoms with van der Waals surface area (Å²) in [6.07, 6.45) is 3.81. The molecule has 0 amide bonds. The van der Waals surface area contributed by atoms with E-state index in [1.807, 2.05) is 43.3 Å². The van der Waals surface area contributed by atoms with Gasteiger partial charge in [0.2, 0.25) is 0 Å². The Morgan fingerprint density at radius 2 is 1.71 bits per heavy atom. The third kappa shape index (κ3) is 4.22. The van der Waals surface area contributed by atoms with Crippen molar-refractivity contribution in [2.45, 2.75) is 13.5 Å². The molecule has 0 aliphatic carbocycles. The first kappa shape index (κ1) is 19.6. The van der Waals surface area contributed by atoms with Gasteiger partial charge in [-0.2, -0.15) is 8.78 Å². The van der Waals surface area contributed by atoms with E-state index in [1.165, 1.54) is 13.2 Å². The molecule has 0 N–H and O–H groups in total. The second kappa shape index (κ2) is 8.69. The van der Waals surface area contributed by atoms with Crippen LogP contribution in [0.1, 0.15) is 6.92 Å². The van der Waals surface area contributed by atoms with Gasteiger partial charge in [0.15, 0.2) is 17.3 Å². The van der Waals surface area contributed by atoms with Crippen molar-refractivity contribution in [2.24, 2.45) is 0 Å². The van der Waals surface area contributed by atoms with Crippen molar-refractivity contribution in [3.8, 4) is 28.4 Å². The maximum atomic E-state index is 14.6. The Morgan fingerprint density at radius 3 is 2.36 bits per heavy atom. The molecule has 0 unspecified atom stereocenters. The number of benzene rings is 3. The lowest BCUT2D eigenvalue weighted by Gasteiger charge is -2.13. The van der Waals surface area contributed by atoms with Gasteiger partial charge in [-0.1, -0.05) is 36.4 Å². The third-order valence-corrected chi connectivity index (χ3v) is 4.19. The zero-order valence-electron chi connectivity index (χ0n) is 15.4. The molecule has 6 heteroatoms. The highest BCUT2D eigenvalue weighted by atomic mass is 19.3. The minimum absolute atomic E-state index is 0.258. The molecule has 0 heterocycles. The fraction of sp³-hybridized carbons (Fsp3) is 0.182. The molecule has 3 aromatic carbocycles. The second-order valence-corrected chi connectivity index (χ2v) is 5.94. The first-order valence-corrected chi connectivity index (χ1v) is 8.63. The van der Waals surface area contributed by atoms with Crippen LogP contribution in [0.15, 0.2) is 60.7 Å². The van der Waals surface area contributed by atoms with Gasteiger partial charge in [0, 0.05) is 5.39 Å². The SMILES string of the molecule is CC=CCOc1ccc(-c2ccc3c(F)c(OC)c(OC(F)F)cc3c2)cc1. The average molecular weight is 388 g/mol. The van der Waals surface area contributed by atoms with Crippen molar-refractivity contribution in [2.75, 3.05) is 13.7 Å².